The maximum absolute atomic E-state index is 3.12. The molecule has 0 fully saturated rings. The lowest BCUT2D eigenvalue weighted by atomic mass is 10.5. The van der Waals surface area contributed by atoms with E-state index in [1.54, 1.807) is 0 Å². The Balaban J connectivity index is 2.61. The summed E-state index contributed by atoms with van der Waals surface area (Å²) < 4.78 is 1.93. The van der Waals surface area contributed by atoms with Gasteiger partial charge in [-0.3, -0.25) is 0 Å². The molecule has 1 heterocycles. The van der Waals surface area contributed by atoms with Crippen molar-refractivity contribution < 1.29 is 4.68 Å². The molecule has 9 heavy (non-hydrogen) atoms. The summed E-state index contributed by atoms with van der Waals surface area (Å²) in [5.41, 5.74) is 3.12. The van der Waals surface area contributed by atoms with Gasteiger partial charge in [-0.25, -0.2) is 0 Å². The highest BCUT2D eigenvalue weighted by atomic mass is 15.4. The fraction of sp³-hybridized carbons (Fsp3) is 0.286. The molecule has 0 bridgehead atoms. The fourth-order valence-electron chi connectivity index (χ4n) is 0.687. The van der Waals surface area contributed by atoms with Crippen molar-refractivity contribution in [3.8, 4) is 0 Å². The lowest BCUT2D eigenvalue weighted by Crippen LogP contribution is -2.43. The maximum Gasteiger partial charge on any atom is 0.199 e. The van der Waals surface area contributed by atoms with Crippen molar-refractivity contribution in [2.24, 2.45) is 0 Å². The summed E-state index contributed by atoms with van der Waals surface area (Å²) in [7, 11) is 0. The SMILES string of the molecule is CCN[n+]1ccccc1. The second-order valence-electron chi connectivity index (χ2n) is 1.79. The highest BCUT2D eigenvalue weighted by Gasteiger charge is 1.88. The quantitative estimate of drug-likeness (QED) is 0.567. The second-order valence-corrected chi connectivity index (χ2v) is 1.79. The Morgan fingerprint density at radius 1 is 1.22 bits per heavy atom. The van der Waals surface area contributed by atoms with E-state index in [2.05, 4.69) is 12.3 Å². The molecule has 0 aliphatic heterocycles. The summed E-state index contributed by atoms with van der Waals surface area (Å²) in [4.78, 5) is 0. The minimum Gasteiger partial charge on any atom is -0.193 e. The molecule has 0 spiro atoms. The first kappa shape index (κ1) is 6.08. The summed E-state index contributed by atoms with van der Waals surface area (Å²) >= 11 is 0. The van der Waals surface area contributed by atoms with Gasteiger partial charge >= 0.3 is 0 Å². The number of hydrogen-bond acceptors (Lipinski definition) is 1. The minimum absolute atomic E-state index is 0.953. The van der Waals surface area contributed by atoms with Crippen molar-refractivity contribution in [2.75, 3.05) is 12.0 Å². The number of pyridine rings is 1. The summed E-state index contributed by atoms with van der Waals surface area (Å²) in [6, 6.07) is 5.97. The van der Waals surface area contributed by atoms with Crippen molar-refractivity contribution in [2.45, 2.75) is 6.92 Å². The molecule has 0 amide bonds. The first-order chi connectivity index (χ1) is 4.43. The summed E-state index contributed by atoms with van der Waals surface area (Å²) in [6.07, 6.45) is 3.95. The third-order valence-corrected chi connectivity index (χ3v) is 1.06. The van der Waals surface area contributed by atoms with Crippen LogP contribution in [-0.2, 0) is 0 Å². The molecule has 0 aliphatic carbocycles. The molecule has 0 saturated carbocycles. The first-order valence-electron chi connectivity index (χ1n) is 3.13. The van der Waals surface area contributed by atoms with E-state index < -0.39 is 0 Å². The zero-order valence-corrected chi connectivity index (χ0v) is 5.54. The lowest BCUT2D eigenvalue weighted by Gasteiger charge is -1.91. The number of aromatic nitrogens is 1. The Kier molecular flexibility index (Phi) is 2.07. The van der Waals surface area contributed by atoms with Gasteiger partial charge in [0.2, 0.25) is 0 Å². The molecule has 0 radical (unpaired) electrons. The second kappa shape index (κ2) is 3.07. The normalized spacial score (nSPS) is 9.00. The number of hydrogen-bond donors (Lipinski definition) is 1. The largest absolute Gasteiger partial charge is 0.199 e. The maximum atomic E-state index is 3.12. The molecule has 0 aromatic carbocycles. The summed E-state index contributed by atoms with van der Waals surface area (Å²) in [6.45, 7) is 3.02. The van der Waals surface area contributed by atoms with Crippen LogP contribution in [0.4, 0.5) is 0 Å². The lowest BCUT2D eigenvalue weighted by molar-refractivity contribution is -0.649. The Morgan fingerprint density at radius 2 is 1.89 bits per heavy atom. The number of nitrogens with zero attached hydrogens (tertiary/aromatic N) is 1. The van der Waals surface area contributed by atoms with E-state index in [-0.39, 0.29) is 0 Å². The molecule has 1 aromatic rings. The molecule has 2 heteroatoms. The third kappa shape index (κ3) is 1.72. The average molecular weight is 123 g/mol. The molecule has 2 nitrogen and oxygen atoms in total. The molecular weight excluding hydrogens is 112 g/mol. The van der Waals surface area contributed by atoms with Gasteiger partial charge in [-0.2, -0.15) is 5.43 Å². The van der Waals surface area contributed by atoms with E-state index in [9.17, 15) is 0 Å². The van der Waals surface area contributed by atoms with Crippen LogP contribution in [0.1, 0.15) is 6.92 Å². The van der Waals surface area contributed by atoms with Crippen LogP contribution >= 0.6 is 0 Å². The fourth-order valence-corrected chi connectivity index (χ4v) is 0.687. The van der Waals surface area contributed by atoms with Crippen molar-refractivity contribution in [3.63, 3.8) is 0 Å². The van der Waals surface area contributed by atoms with Crippen molar-refractivity contribution in [3.05, 3.63) is 30.6 Å². The van der Waals surface area contributed by atoms with E-state index in [1.807, 2.05) is 35.3 Å². The Bertz CT molecular complexity index is 160. The minimum atomic E-state index is 0.953. The predicted octanol–water partition coefficient (Wildman–Crippen LogP) is 0.537. The van der Waals surface area contributed by atoms with Crippen LogP contribution in [0, 0.1) is 0 Å². The van der Waals surface area contributed by atoms with Gasteiger partial charge in [0.1, 0.15) is 0 Å². The Labute approximate surface area is 55.1 Å². The van der Waals surface area contributed by atoms with Gasteiger partial charge < -0.3 is 0 Å². The van der Waals surface area contributed by atoms with E-state index in [0.717, 1.165) is 6.54 Å². The first-order valence-corrected chi connectivity index (χ1v) is 3.13. The molecule has 0 atom stereocenters. The standard InChI is InChI=1S/C7H11N2/c1-2-8-9-6-4-3-5-7-9/h3-8H,2H2,1H3/q+1. The zero-order chi connectivity index (χ0) is 6.53. The van der Waals surface area contributed by atoms with E-state index >= 15 is 0 Å². The van der Waals surface area contributed by atoms with Gasteiger partial charge in [0.15, 0.2) is 12.4 Å². The summed E-state index contributed by atoms with van der Waals surface area (Å²) in [5.74, 6) is 0. The monoisotopic (exact) mass is 123 g/mol. The van der Waals surface area contributed by atoms with Crippen LogP contribution in [0.15, 0.2) is 30.6 Å². The molecule has 0 unspecified atom stereocenters. The van der Waals surface area contributed by atoms with Crippen LogP contribution < -0.4 is 10.1 Å². The molecule has 1 rings (SSSR count). The molecular formula is C7H11N2+. The van der Waals surface area contributed by atoms with Crippen LogP contribution in [-0.4, -0.2) is 6.54 Å². The van der Waals surface area contributed by atoms with Crippen molar-refractivity contribution in [1.29, 1.82) is 0 Å². The highest BCUT2D eigenvalue weighted by molar-refractivity contribution is 4.83. The van der Waals surface area contributed by atoms with Crippen molar-refractivity contribution in [1.82, 2.24) is 0 Å². The molecule has 0 saturated heterocycles. The van der Waals surface area contributed by atoms with Gasteiger partial charge in [-0.05, 0) is 6.92 Å². The molecule has 1 N–H and O–H groups in total. The molecule has 1 aromatic heterocycles. The third-order valence-electron chi connectivity index (χ3n) is 1.06. The molecule has 0 aliphatic rings. The average Bonchev–Trinajstić information content (AvgIpc) is 1.91. The number of nitrogens with one attached hydrogen (secondary N) is 1. The highest BCUT2D eigenvalue weighted by Crippen LogP contribution is 1.72. The predicted molar refractivity (Wildman–Crippen MR) is 36.5 cm³/mol. The topological polar surface area (TPSA) is 15.9 Å². The summed E-state index contributed by atoms with van der Waals surface area (Å²) in [5, 5.41) is 0. The zero-order valence-electron chi connectivity index (χ0n) is 5.54. The number of rotatable bonds is 2. The van der Waals surface area contributed by atoms with Crippen LogP contribution in [0.3, 0.4) is 0 Å². The van der Waals surface area contributed by atoms with E-state index in [1.165, 1.54) is 0 Å². The Hall–Kier alpha value is -1.05. The van der Waals surface area contributed by atoms with E-state index in [4.69, 9.17) is 0 Å². The Morgan fingerprint density at radius 3 is 2.44 bits per heavy atom. The van der Waals surface area contributed by atoms with Crippen LogP contribution in [0.2, 0.25) is 0 Å². The van der Waals surface area contributed by atoms with Crippen LogP contribution in [0.5, 0.6) is 0 Å². The smallest absolute Gasteiger partial charge is 0.193 e. The van der Waals surface area contributed by atoms with Crippen LogP contribution in [0.25, 0.3) is 0 Å². The van der Waals surface area contributed by atoms with Gasteiger partial charge in [0.05, 0.1) is 6.54 Å². The molecule has 48 valence electrons. The van der Waals surface area contributed by atoms with Gasteiger partial charge in [-0.1, -0.05) is 10.7 Å². The van der Waals surface area contributed by atoms with Crippen molar-refractivity contribution >= 4 is 0 Å². The van der Waals surface area contributed by atoms with Gasteiger partial charge in [0, 0.05) is 12.1 Å². The van der Waals surface area contributed by atoms with E-state index in [0.29, 0.717) is 0 Å². The van der Waals surface area contributed by atoms with Gasteiger partial charge in [-0.15, -0.1) is 0 Å². The van der Waals surface area contributed by atoms with Gasteiger partial charge in [0.25, 0.3) is 0 Å².